The molecule has 0 atom stereocenters. The first kappa shape index (κ1) is 30.4. The lowest BCUT2D eigenvalue weighted by Gasteiger charge is -2.06. The monoisotopic (exact) mass is 439 g/mol. The zero-order chi connectivity index (χ0) is 22.7. The Hall–Kier alpha value is -0.610. The van der Waals surface area contributed by atoms with Crippen LogP contribution in [0.3, 0.4) is 0 Å². The molecule has 0 aromatic heterocycles. The van der Waals surface area contributed by atoms with Crippen molar-refractivity contribution < 1.29 is 4.79 Å². The second-order valence-corrected chi connectivity index (χ2v) is 9.36. The fourth-order valence-electron chi connectivity index (χ4n) is 4.06. The summed E-state index contributed by atoms with van der Waals surface area (Å²) >= 11 is 0. The van der Waals surface area contributed by atoms with E-state index in [4.69, 9.17) is 5.73 Å². The van der Waals surface area contributed by atoms with E-state index in [0.717, 1.165) is 51.9 Å². The molecule has 0 radical (unpaired) electrons. The number of unbranched alkanes of at least 4 members (excludes halogenated alkanes) is 17. The van der Waals surface area contributed by atoms with Crippen molar-refractivity contribution in [3.8, 4) is 0 Å². The minimum atomic E-state index is 0.192. The van der Waals surface area contributed by atoms with Crippen LogP contribution in [0.4, 0.5) is 0 Å². The number of amides is 1. The molecule has 0 heterocycles. The molecule has 186 valence electrons. The maximum Gasteiger partial charge on any atom is 0.220 e. The van der Waals surface area contributed by atoms with Gasteiger partial charge in [0.1, 0.15) is 0 Å². The Bertz CT molecular complexity index is 349. The van der Waals surface area contributed by atoms with E-state index in [1.54, 1.807) is 0 Å². The molecule has 1 amide bonds. The molecule has 0 spiro atoms. The van der Waals surface area contributed by atoms with Crippen molar-refractivity contribution in [3.05, 3.63) is 0 Å². The van der Waals surface area contributed by atoms with Gasteiger partial charge in [0.25, 0.3) is 0 Å². The van der Waals surface area contributed by atoms with Gasteiger partial charge in [-0.05, 0) is 45.3 Å². The Morgan fingerprint density at radius 3 is 1.48 bits per heavy atom. The van der Waals surface area contributed by atoms with E-state index in [1.807, 2.05) is 0 Å². The van der Waals surface area contributed by atoms with Gasteiger partial charge in [0.15, 0.2) is 0 Å². The molecule has 0 unspecified atom stereocenters. The molecule has 0 saturated carbocycles. The van der Waals surface area contributed by atoms with E-state index in [2.05, 4.69) is 17.6 Å². The van der Waals surface area contributed by atoms with Crippen LogP contribution >= 0.6 is 0 Å². The maximum absolute atomic E-state index is 11.7. The first-order valence-corrected chi connectivity index (χ1v) is 14.0. The summed E-state index contributed by atoms with van der Waals surface area (Å²) in [5, 5.41) is 6.48. The number of nitrogens with one attached hydrogen (secondary N) is 2. The summed E-state index contributed by atoms with van der Waals surface area (Å²) in [6.07, 6.45) is 27.4. The Morgan fingerprint density at radius 2 is 0.968 bits per heavy atom. The lowest BCUT2D eigenvalue weighted by Crippen LogP contribution is -2.26. The van der Waals surface area contributed by atoms with Gasteiger partial charge in [0.2, 0.25) is 5.91 Å². The van der Waals surface area contributed by atoms with E-state index >= 15 is 0 Å². The number of nitrogens with two attached hydrogens (primary N) is 1. The quantitative estimate of drug-likeness (QED) is 0.129. The Kier molecular flexibility index (Phi) is 26.9. The lowest BCUT2D eigenvalue weighted by atomic mass is 10.0. The highest BCUT2D eigenvalue weighted by atomic mass is 16.1. The molecule has 0 aliphatic rings. The van der Waals surface area contributed by atoms with Crippen LogP contribution in [-0.2, 0) is 4.79 Å². The molecule has 0 fully saturated rings. The van der Waals surface area contributed by atoms with E-state index in [-0.39, 0.29) is 5.91 Å². The van der Waals surface area contributed by atoms with Gasteiger partial charge >= 0.3 is 0 Å². The molecule has 0 aliphatic carbocycles. The van der Waals surface area contributed by atoms with E-state index in [1.165, 1.54) is 103 Å². The van der Waals surface area contributed by atoms with Gasteiger partial charge < -0.3 is 16.4 Å². The average molecular weight is 440 g/mol. The Balaban J connectivity index is 3.08. The number of hydrogen-bond donors (Lipinski definition) is 3. The molecular weight excluding hydrogens is 382 g/mol. The number of carbonyl (C=O) groups excluding carboxylic acids is 1. The van der Waals surface area contributed by atoms with Gasteiger partial charge in [0.05, 0.1) is 0 Å². The summed E-state index contributed by atoms with van der Waals surface area (Å²) in [4.78, 5) is 11.7. The predicted molar refractivity (Wildman–Crippen MR) is 138 cm³/mol. The fraction of sp³-hybridized carbons (Fsp3) is 0.963. The van der Waals surface area contributed by atoms with Crippen molar-refractivity contribution in [2.75, 3.05) is 26.2 Å². The van der Waals surface area contributed by atoms with Crippen LogP contribution in [0.1, 0.15) is 142 Å². The molecule has 0 rings (SSSR count). The SMILES string of the molecule is CCCCCCCCCCCCCCCCCCNCCCC(=O)NCCCCCN. The molecule has 4 N–H and O–H groups in total. The lowest BCUT2D eigenvalue weighted by molar-refractivity contribution is -0.121. The summed E-state index contributed by atoms with van der Waals surface area (Å²) < 4.78 is 0. The molecular formula is C27H57N3O. The van der Waals surface area contributed by atoms with Crippen LogP contribution < -0.4 is 16.4 Å². The van der Waals surface area contributed by atoms with Gasteiger partial charge in [-0.15, -0.1) is 0 Å². The highest BCUT2D eigenvalue weighted by Crippen LogP contribution is 2.13. The smallest absolute Gasteiger partial charge is 0.220 e. The predicted octanol–water partition coefficient (Wildman–Crippen LogP) is 6.86. The number of hydrogen-bond acceptors (Lipinski definition) is 3. The topological polar surface area (TPSA) is 67.2 Å². The fourth-order valence-corrected chi connectivity index (χ4v) is 4.06. The highest BCUT2D eigenvalue weighted by molar-refractivity contribution is 5.75. The van der Waals surface area contributed by atoms with Crippen LogP contribution in [0.15, 0.2) is 0 Å². The van der Waals surface area contributed by atoms with Crippen molar-refractivity contribution in [2.45, 2.75) is 142 Å². The zero-order valence-electron chi connectivity index (χ0n) is 21.2. The molecule has 0 aliphatic heterocycles. The number of carbonyl (C=O) groups is 1. The van der Waals surface area contributed by atoms with Crippen molar-refractivity contribution in [1.29, 1.82) is 0 Å². The Labute approximate surface area is 195 Å². The van der Waals surface area contributed by atoms with E-state index in [9.17, 15) is 4.79 Å². The van der Waals surface area contributed by atoms with Gasteiger partial charge in [-0.2, -0.15) is 0 Å². The normalized spacial score (nSPS) is 11.2. The maximum atomic E-state index is 11.7. The largest absolute Gasteiger partial charge is 0.356 e. The summed E-state index contributed by atoms with van der Waals surface area (Å²) in [6, 6.07) is 0. The summed E-state index contributed by atoms with van der Waals surface area (Å²) in [6.45, 7) is 5.89. The van der Waals surface area contributed by atoms with Crippen molar-refractivity contribution in [3.63, 3.8) is 0 Å². The van der Waals surface area contributed by atoms with Crippen LogP contribution in [-0.4, -0.2) is 32.1 Å². The highest BCUT2D eigenvalue weighted by Gasteiger charge is 2.00. The summed E-state index contributed by atoms with van der Waals surface area (Å²) in [7, 11) is 0. The molecule has 4 nitrogen and oxygen atoms in total. The van der Waals surface area contributed by atoms with Crippen LogP contribution in [0.5, 0.6) is 0 Å². The molecule has 0 aromatic rings. The second-order valence-electron chi connectivity index (χ2n) is 9.36. The van der Waals surface area contributed by atoms with Gasteiger partial charge in [0, 0.05) is 13.0 Å². The average Bonchev–Trinajstić information content (AvgIpc) is 2.77. The van der Waals surface area contributed by atoms with Crippen LogP contribution in [0.2, 0.25) is 0 Å². The third kappa shape index (κ3) is 27.4. The van der Waals surface area contributed by atoms with Crippen molar-refractivity contribution >= 4 is 5.91 Å². The minimum absolute atomic E-state index is 0.192. The molecule has 0 saturated heterocycles. The van der Waals surface area contributed by atoms with Gasteiger partial charge in [-0.3, -0.25) is 4.79 Å². The zero-order valence-corrected chi connectivity index (χ0v) is 21.2. The van der Waals surface area contributed by atoms with Gasteiger partial charge in [-0.1, -0.05) is 110 Å². The standard InChI is InChI=1S/C27H57N3O/c1-2-3-4-5-6-7-8-9-10-11-12-13-14-15-16-19-24-29-25-21-22-27(31)30-26-20-17-18-23-28/h29H,2-26,28H2,1H3,(H,30,31). The molecule has 0 aromatic carbocycles. The van der Waals surface area contributed by atoms with Crippen LogP contribution in [0, 0.1) is 0 Å². The van der Waals surface area contributed by atoms with Crippen molar-refractivity contribution in [1.82, 2.24) is 10.6 Å². The minimum Gasteiger partial charge on any atom is -0.356 e. The molecule has 0 bridgehead atoms. The first-order chi connectivity index (χ1) is 15.3. The van der Waals surface area contributed by atoms with Gasteiger partial charge in [-0.25, -0.2) is 0 Å². The van der Waals surface area contributed by atoms with Crippen LogP contribution in [0.25, 0.3) is 0 Å². The second kappa shape index (κ2) is 27.4. The molecule has 31 heavy (non-hydrogen) atoms. The van der Waals surface area contributed by atoms with E-state index in [0.29, 0.717) is 6.42 Å². The third-order valence-electron chi connectivity index (χ3n) is 6.17. The first-order valence-electron chi connectivity index (χ1n) is 14.0. The Morgan fingerprint density at radius 1 is 0.548 bits per heavy atom. The summed E-state index contributed by atoms with van der Waals surface area (Å²) in [5.41, 5.74) is 5.46. The molecule has 4 heteroatoms. The summed E-state index contributed by atoms with van der Waals surface area (Å²) in [5.74, 6) is 0.192. The van der Waals surface area contributed by atoms with E-state index < -0.39 is 0 Å². The number of rotatable bonds is 26. The van der Waals surface area contributed by atoms with Crippen molar-refractivity contribution in [2.24, 2.45) is 5.73 Å². The third-order valence-corrected chi connectivity index (χ3v) is 6.17.